The van der Waals surface area contributed by atoms with Crippen LogP contribution >= 0.6 is 0 Å². The van der Waals surface area contributed by atoms with Crippen molar-refractivity contribution in [2.45, 2.75) is 217 Å². The Morgan fingerprint density at radius 3 is 2.00 bits per heavy atom. The normalized spacial score (nSPS) is 52.5. The number of hydrogen-bond acceptors (Lipinski definition) is 17. The van der Waals surface area contributed by atoms with Gasteiger partial charge in [-0.2, -0.15) is 0 Å². The van der Waals surface area contributed by atoms with Crippen LogP contribution in [-0.4, -0.2) is 180 Å². The molecular formula is C47H80O17. The molecule has 7 rings (SSSR count). The van der Waals surface area contributed by atoms with Crippen LogP contribution in [0.3, 0.4) is 0 Å². The maximum atomic E-state index is 12.3. The van der Waals surface area contributed by atoms with Crippen molar-refractivity contribution in [1.82, 2.24) is 0 Å². The van der Waals surface area contributed by atoms with E-state index in [1.807, 2.05) is 6.92 Å². The number of fused-ring (bicyclic) bond motifs is 5. The molecule has 4 aliphatic carbocycles. The highest BCUT2D eigenvalue weighted by Gasteiger charge is 2.71. The van der Waals surface area contributed by atoms with Gasteiger partial charge in [-0.25, -0.2) is 0 Å². The van der Waals surface area contributed by atoms with Gasteiger partial charge in [-0.05, 0) is 124 Å². The first-order valence-electron chi connectivity index (χ1n) is 23.8. The minimum atomic E-state index is -1.82. The summed E-state index contributed by atoms with van der Waals surface area (Å²) in [4.78, 5) is 0. The Morgan fingerprint density at radius 1 is 0.688 bits per heavy atom. The molecule has 0 radical (unpaired) electrons. The largest absolute Gasteiger partial charge is 0.394 e. The van der Waals surface area contributed by atoms with Crippen LogP contribution in [0.5, 0.6) is 0 Å². The SMILES string of the molecule is CC(C)=CCC[C@](C)(O)[C@H]1CC[C@]2(C)[C@@H]1[C@H](O)CC1[C@@]3(C)CC[C@H](O[C@H]4O[C@H](CO[C@@H]5OC[C@@H](O)[C@H](O)[C@H]5O)[C@@H](O)[C@H](O)[C@H]4O[C@@H]4O[C@H](CO)[C@@H](O)[C@H](O)[C@H]4O)C(C)(C)[C@@H]3CC[C@]12C. The second-order valence-corrected chi connectivity index (χ2v) is 22.5. The first-order chi connectivity index (χ1) is 29.8. The van der Waals surface area contributed by atoms with Gasteiger partial charge < -0.3 is 84.6 Å². The van der Waals surface area contributed by atoms with Gasteiger partial charge in [0.15, 0.2) is 18.9 Å². The van der Waals surface area contributed by atoms with Gasteiger partial charge in [0.25, 0.3) is 0 Å². The zero-order chi connectivity index (χ0) is 47.1. The van der Waals surface area contributed by atoms with Gasteiger partial charge in [-0.3, -0.25) is 0 Å². The molecule has 7 aliphatic rings. The molecule has 0 bridgehead atoms. The molecule has 3 saturated heterocycles. The lowest BCUT2D eigenvalue weighted by Crippen LogP contribution is -2.68. The van der Waals surface area contributed by atoms with Crippen molar-refractivity contribution >= 4 is 0 Å². The van der Waals surface area contributed by atoms with Gasteiger partial charge >= 0.3 is 0 Å². The van der Waals surface area contributed by atoms with E-state index in [9.17, 15) is 56.2 Å². The molecule has 7 fully saturated rings. The summed E-state index contributed by atoms with van der Waals surface area (Å²) >= 11 is 0. The number of aliphatic hydroxyl groups is 11. The van der Waals surface area contributed by atoms with E-state index < -0.39 is 122 Å². The maximum absolute atomic E-state index is 12.3. The Kier molecular flexibility index (Phi) is 14.9. The molecule has 370 valence electrons. The van der Waals surface area contributed by atoms with Crippen LogP contribution in [0.2, 0.25) is 0 Å². The number of aliphatic hydroxyl groups excluding tert-OH is 10. The zero-order valence-electron chi connectivity index (χ0n) is 39.0. The second-order valence-electron chi connectivity index (χ2n) is 22.5. The highest BCUT2D eigenvalue weighted by Crippen LogP contribution is 2.76. The van der Waals surface area contributed by atoms with Crippen molar-refractivity contribution in [3.05, 3.63) is 11.6 Å². The van der Waals surface area contributed by atoms with Crippen molar-refractivity contribution in [2.75, 3.05) is 19.8 Å². The van der Waals surface area contributed by atoms with Crippen LogP contribution in [0, 0.1) is 45.3 Å². The molecule has 0 spiro atoms. The van der Waals surface area contributed by atoms with Crippen molar-refractivity contribution in [3.63, 3.8) is 0 Å². The predicted octanol–water partition coefficient (Wildman–Crippen LogP) is 0.612. The lowest BCUT2D eigenvalue weighted by atomic mass is 9.35. The highest BCUT2D eigenvalue weighted by molar-refractivity contribution is 5.20. The molecular weight excluding hydrogens is 836 g/mol. The number of rotatable bonds is 12. The van der Waals surface area contributed by atoms with E-state index >= 15 is 0 Å². The molecule has 24 atom stereocenters. The van der Waals surface area contributed by atoms with Gasteiger partial charge in [0.2, 0.25) is 0 Å². The van der Waals surface area contributed by atoms with Crippen LogP contribution < -0.4 is 0 Å². The van der Waals surface area contributed by atoms with Crippen LogP contribution in [0.15, 0.2) is 11.6 Å². The van der Waals surface area contributed by atoms with E-state index in [0.29, 0.717) is 19.3 Å². The van der Waals surface area contributed by atoms with E-state index in [2.05, 4.69) is 54.5 Å². The summed E-state index contributed by atoms with van der Waals surface area (Å²) in [7, 11) is 0. The molecule has 3 heterocycles. The molecule has 64 heavy (non-hydrogen) atoms. The Morgan fingerprint density at radius 2 is 1.33 bits per heavy atom. The Bertz CT molecular complexity index is 1620. The number of hydrogen-bond donors (Lipinski definition) is 11. The average Bonchev–Trinajstić information content (AvgIpc) is 3.62. The quantitative estimate of drug-likeness (QED) is 0.0946. The third kappa shape index (κ3) is 8.71. The molecule has 0 aromatic carbocycles. The summed E-state index contributed by atoms with van der Waals surface area (Å²) in [6.07, 6.45) is -13.9. The van der Waals surface area contributed by atoms with Crippen LogP contribution in [0.4, 0.5) is 0 Å². The summed E-state index contributed by atoms with van der Waals surface area (Å²) < 4.78 is 36.1. The summed E-state index contributed by atoms with van der Waals surface area (Å²) in [5.74, 6) is 0.241. The molecule has 11 N–H and O–H groups in total. The minimum absolute atomic E-state index is 0.0153. The van der Waals surface area contributed by atoms with Crippen LogP contribution in [0.1, 0.15) is 113 Å². The third-order valence-corrected chi connectivity index (χ3v) is 18.3. The number of ether oxygens (including phenoxy) is 6. The average molecular weight is 917 g/mol. The Labute approximate surface area is 377 Å². The molecule has 0 aromatic rings. The maximum Gasteiger partial charge on any atom is 0.187 e. The number of allylic oxidation sites excluding steroid dienone is 2. The molecule has 4 saturated carbocycles. The molecule has 1 unspecified atom stereocenters. The standard InChI is InChI=1S/C47H80O17/c1-22(2)10-9-14-47(8,58)23-11-16-46(7)31(23)24(49)18-29-44(5)15-13-30(43(3,4)28(44)12-17-45(29,46)6)63-42-39(64-41-38(57)35(54)33(52)26(19-48)61-41)36(55)34(53)27(62-42)21-60-40-37(56)32(51)25(50)20-59-40/h10,23-42,48-58H,9,11-21H2,1-8H3/t23-,24+,25+,26+,27+,28-,29?,30-,31-,32-,33+,34+,35-,36-,37+,38+,39+,40-,41-,42+,44-,45+,46+,47-/m0/s1. The van der Waals surface area contributed by atoms with Gasteiger partial charge in [0, 0.05) is 0 Å². The van der Waals surface area contributed by atoms with Crippen molar-refractivity contribution in [3.8, 4) is 0 Å². The van der Waals surface area contributed by atoms with Gasteiger partial charge in [-0.15, -0.1) is 0 Å². The van der Waals surface area contributed by atoms with Gasteiger partial charge in [0.1, 0.15) is 67.1 Å². The molecule has 0 aromatic heterocycles. The molecule has 17 nitrogen and oxygen atoms in total. The second kappa shape index (κ2) is 18.8. The van der Waals surface area contributed by atoms with E-state index in [4.69, 9.17) is 28.4 Å². The first-order valence-corrected chi connectivity index (χ1v) is 23.8. The zero-order valence-corrected chi connectivity index (χ0v) is 39.0. The molecule has 17 heteroatoms. The van der Waals surface area contributed by atoms with Gasteiger partial charge in [0.05, 0.1) is 37.6 Å². The van der Waals surface area contributed by atoms with Crippen LogP contribution in [-0.2, 0) is 28.4 Å². The monoisotopic (exact) mass is 917 g/mol. The lowest BCUT2D eigenvalue weighted by molar-refractivity contribution is -0.382. The first kappa shape index (κ1) is 50.9. The van der Waals surface area contributed by atoms with Crippen molar-refractivity contribution in [1.29, 1.82) is 0 Å². The van der Waals surface area contributed by atoms with E-state index in [1.165, 1.54) is 5.57 Å². The molecule has 0 amide bonds. The van der Waals surface area contributed by atoms with Crippen molar-refractivity contribution < 1.29 is 84.6 Å². The van der Waals surface area contributed by atoms with Gasteiger partial charge in [-0.1, -0.05) is 46.3 Å². The summed E-state index contributed by atoms with van der Waals surface area (Å²) in [6.45, 7) is 16.1. The van der Waals surface area contributed by atoms with Crippen molar-refractivity contribution in [2.24, 2.45) is 45.3 Å². The Hall–Kier alpha value is -0.940. The summed E-state index contributed by atoms with van der Waals surface area (Å²) in [5.41, 5.74) is -0.714. The van der Waals surface area contributed by atoms with Crippen LogP contribution in [0.25, 0.3) is 0 Å². The minimum Gasteiger partial charge on any atom is -0.394 e. The fourth-order valence-corrected chi connectivity index (χ4v) is 14.4. The summed E-state index contributed by atoms with van der Waals surface area (Å²) in [6, 6.07) is 0. The van der Waals surface area contributed by atoms with E-state index in [1.54, 1.807) is 0 Å². The topological polar surface area (TPSA) is 278 Å². The summed E-state index contributed by atoms with van der Waals surface area (Å²) in [5, 5.41) is 120. The highest BCUT2D eigenvalue weighted by atomic mass is 16.8. The fourth-order valence-electron chi connectivity index (χ4n) is 14.4. The predicted molar refractivity (Wildman–Crippen MR) is 228 cm³/mol. The Balaban J connectivity index is 1.12. The fraction of sp³-hybridized carbons (Fsp3) is 0.957. The van der Waals surface area contributed by atoms with E-state index in [0.717, 1.165) is 38.5 Å². The smallest absolute Gasteiger partial charge is 0.187 e. The van der Waals surface area contributed by atoms with E-state index in [-0.39, 0.29) is 46.5 Å². The molecule has 3 aliphatic heterocycles. The third-order valence-electron chi connectivity index (χ3n) is 18.3. The lowest BCUT2D eigenvalue weighted by Gasteiger charge is -2.70.